The summed E-state index contributed by atoms with van der Waals surface area (Å²) in [6.07, 6.45) is 0. The van der Waals surface area contributed by atoms with Crippen LogP contribution in [-0.4, -0.2) is 13.2 Å². The largest absolute Gasteiger partial charge is 0.328 e. The molecule has 0 aromatic rings. The van der Waals surface area contributed by atoms with E-state index in [9.17, 15) is 0 Å². The lowest BCUT2D eigenvalue weighted by Crippen LogP contribution is -2.11. The van der Waals surface area contributed by atoms with E-state index in [1.165, 1.54) is 0 Å². The molecule has 0 rings (SSSR count). The van der Waals surface area contributed by atoms with Crippen molar-refractivity contribution in [2.75, 3.05) is 13.2 Å². The third kappa shape index (κ3) is 21.2. The fraction of sp³-hybridized carbons (Fsp3) is 1.00. The third-order valence-electron chi connectivity index (χ3n) is 0.236. The van der Waals surface area contributed by atoms with Crippen molar-refractivity contribution in [2.45, 2.75) is 0 Å². The second-order valence-electron chi connectivity index (χ2n) is 0.659. The second-order valence-corrected chi connectivity index (χ2v) is 0.659. The molecule has 0 radical (unpaired) electrons. The predicted molar refractivity (Wildman–Crippen MR) is 33.7 cm³/mol. The summed E-state index contributed by atoms with van der Waals surface area (Å²) in [4.78, 5) is 4.07. The summed E-state index contributed by atoms with van der Waals surface area (Å²) in [6.45, 7) is 0.941. The first-order chi connectivity index (χ1) is 2.41. The zero-order valence-electron chi connectivity index (χ0n) is 3.79. The summed E-state index contributed by atoms with van der Waals surface area (Å²) >= 11 is 0. The first-order valence-corrected chi connectivity index (χ1v) is 1.43. The van der Waals surface area contributed by atoms with Crippen LogP contribution in [0.5, 0.6) is 0 Å². The molecule has 48 valence electrons. The summed E-state index contributed by atoms with van der Waals surface area (Å²) in [5, 5.41) is 0. The lowest BCUT2D eigenvalue weighted by molar-refractivity contribution is 0.146. The van der Waals surface area contributed by atoms with Crippen LogP contribution >= 0.6 is 24.8 Å². The molecule has 7 heavy (non-hydrogen) atoms. The van der Waals surface area contributed by atoms with Crippen LogP contribution in [-0.2, 0) is 4.84 Å². The molecule has 0 bridgehead atoms. The first kappa shape index (κ1) is 15.7. The van der Waals surface area contributed by atoms with Gasteiger partial charge in [-0.15, -0.1) is 24.8 Å². The van der Waals surface area contributed by atoms with E-state index in [1.54, 1.807) is 0 Å². The Bertz CT molecular complexity index is 21.2. The van der Waals surface area contributed by atoms with Gasteiger partial charge in [0, 0.05) is 6.54 Å². The molecule has 0 spiro atoms. The van der Waals surface area contributed by atoms with Gasteiger partial charge in [-0.25, -0.2) is 5.90 Å². The molecular weight excluding hydrogens is 139 g/mol. The van der Waals surface area contributed by atoms with Gasteiger partial charge in [0.1, 0.15) is 0 Å². The quantitative estimate of drug-likeness (QED) is 0.529. The highest BCUT2D eigenvalue weighted by Crippen LogP contribution is 1.47. The van der Waals surface area contributed by atoms with Gasteiger partial charge < -0.3 is 10.6 Å². The summed E-state index contributed by atoms with van der Waals surface area (Å²) in [7, 11) is 0. The molecule has 0 unspecified atom stereocenters. The molecule has 4 N–H and O–H groups in total. The first-order valence-electron chi connectivity index (χ1n) is 1.43. The van der Waals surface area contributed by atoms with Crippen LogP contribution in [0.1, 0.15) is 0 Å². The van der Waals surface area contributed by atoms with E-state index >= 15 is 0 Å². The van der Waals surface area contributed by atoms with Gasteiger partial charge in [-0.1, -0.05) is 0 Å². The van der Waals surface area contributed by atoms with Gasteiger partial charge in [0.05, 0.1) is 6.61 Å². The second kappa shape index (κ2) is 16.1. The Morgan fingerprint density at radius 3 is 1.71 bits per heavy atom. The highest BCUT2D eigenvalue weighted by molar-refractivity contribution is 5.85. The average molecular weight is 149 g/mol. The highest BCUT2D eigenvalue weighted by atomic mass is 35.5. The van der Waals surface area contributed by atoms with Crippen molar-refractivity contribution in [1.29, 1.82) is 0 Å². The van der Waals surface area contributed by atoms with E-state index in [0.29, 0.717) is 13.2 Å². The Morgan fingerprint density at radius 1 is 1.29 bits per heavy atom. The summed E-state index contributed by atoms with van der Waals surface area (Å²) < 4.78 is 0. The Labute approximate surface area is 55.2 Å². The van der Waals surface area contributed by atoms with Crippen LogP contribution in [0.25, 0.3) is 0 Å². The molecule has 0 atom stereocenters. The smallest absolute Gasteiger partial charge is 0.0801 e. The fourth-order valence-corrected chi connectivity index (χ4v) is 0.0680. The SMILES string of the molecule is Cl.Cl.NCCON. The van der Waals surface area contributed by atoms with Crippen molar-refractivity contribution in [3.8, 4) is 0 Å². The molecule has 0 fully saturated rings. The van der Waals surface area contributed by atoms with Gasteiger partial charge in [-0.2, -0.15) is 0 Å². The summed E-state index contributed by atoms with van der Waals surface area (Å²) in [5.74, 6) is 4.56. The van der Waals surface area contributed by atoms with Gasteiger partial charge in [0.15, 0.2) is 0 Å². The van der Waals surface area contributed by atoms with Crippen LogP contribution in [0.2, 0.25) is 0 Å². The Morgan fingerprint density at radius 2 is 1.71 bits per heavy atom. The summed E-state index contributed by atoms with van der Waals surface area (Å²) in [6, 6.07) is 0. The molecule has 0 heterocycles. The van der Waals surface area contributed by atoms with Crippen LogP contribution < -0.4 is 11.6 Å². The maximum atomic E-state index is 4.93. The van der Waals surface area contributed by atoms with E-state index < -0.39 is 0 Å². The standard InChI is InChI=1S/C2H8N2O.2ClH/c3-1-2-5-4;;/h1-4H2;2*1H. The van der Waals surface area contributed by atoms with Gasteiger partial charge in [0.25, 0.3) is 0 Å². The molecule has 0 aliphatic heterocycles. The molecule has 5 heteroatoms. The van der Waals surface area contributed by atoms with Crippen LogP contribution in [0.15, 0.2) is 0 Å². The Kier molecular flexibility index (Phi) is 36.0. The zero-order valence-corrected chi connectivity index (χ0v) is 5.43. The minimum atomic E-state index is 0. The molecule has 0 aromatic heterocycles. The van der Waals surface area contributed by atoms with Crippen molar-refractivity contribution in [2.24, 2.45) is 11.6 Å². The zero-order chi connectivity index (χ0) is 4.12. The van der Waals surface area contributed by atoms with Crippen LogP contribution in [0.3, 0.4) is 0 Å². The number of nitrogens with two attached hydrogens (primary N) is 2. The van der Waals surface area contributed by atoms with Gasteiger partial charge in [0.2, 0.25) is 0 Å². The number of halogens is 2. The van der Waals surface area contributed by atoms with Crippen LogP contribution in [0, 0.1) is 0 Å². The number of hydrogen-bond acceptors (Lipinski definition) is 3. The minimum absolute atomic E-state index is 0. The molecule has 0 saturated carbocycles. The molecule has 0 aromatic carbocycles. The van der Waals surface area contributed by atoms with E-state index in [-0.39, 0.29) is 24.8 Å². The van der Waals surface area contributed by atoms with E-state index in [4.69, 9.17) is 5.73 Å². The third-order valence-corrected chi connectivity index (χ3v) is 0.236. The number of rotatable bonds is 2. The summed E-state index contributed by atoms with van der Waals surface area (Å²) in [5.41, 5.74) is 4.93. The van der Waals surface area contributed by atoms with Crippen molar-refractivity contribution in [3.63, 3.8) is 0 Å². The van der Waals surface area contributed by atoms with Crippen molar-refractivity contribution < 1.29 is 4.84 Å². The van der Waals surface area contributed by atoms with E-state index in [0.717, 1.165) is 0 Å². The van der Waals surface area contributed by atoms with Crippen molar-refractivity contribution >= 4 is 24.8 Å². The number of hydrogen-bond donors (Lipinski definition) is 2. The van der Waals surface area contributed by atoms with Gasteiger partial charge >= 0.3 is 0 Å². The normalized spacial score (nSPS) is 6.00. The Balaban J connectivity index is -0.0000000800. The maximum Gasteiger partial charge on any atom is 0.0801 e. The maximum absolute atomic E-state index is 4.93. The topological polar surface area (TPSA) is 61.3 Å². The molecule has 0 saturated heterocycles. The Hall–Kier alpha value is 0.460. The van der Waals surface area contributed by atoms with Crippen LogP contribution in [0.4, 0.5) is 0 Å². The molecule has 0 aliphatic rings. The molecule has 3 nitrogen and oxygen atoms in total. The molecule has 0 aliphatic carbocycles. The van der Waals surface area contributed by atoms with Crippen molar-refractivity contribution in [3.05, 3.63) is 0 Å². The lowest BCUT2D eigenvalue weighted by atomic mass is 10.8. The van der Waals surface area contributed by atoms with E-state index in [2.05, 4.69) is 10.7 Å². The average Bonchev–Trinajstić information content (AvgIpc) is 1.41. The lowest BCUT2D eigenvalue weighted by Gasteiger charge is -1.84. The van der Waals surface area contributed by atoms with E-state index in [1.807, 2.05) is 0 Å². The molecular formula is C2H10Cl2N2O. The monoisotopic (exact) mass is 148 g/mol. The minimum Gasteiger partial charge on any atom is -0.328 e. The highest BCUT2D eigenvalue weighted by Gasteiger charge is 1.66. The fourth-order valence-electron chi connectivity index (χ4n) is 0.0680. The predicted octanol–water partition coefficient (Wildman–Crippen LogP) is -0.321. The van der Waals surface area contributed by atoms with Gasteiger partial charge in [-0.3, -0.25) is 0 Å². The molecule has 0 amide bonds. The van der Waals surface area contributed by atoms with Crippen molar-refractivity contribution in [1.82, 2.24) is 0 Å². The van der Waals surface area contributed by atoms with Gasteiger partial charge in [-0.05, 0) is 0 Å².